The molecule has 3 fully saturated rings. The van der Waals surface area contributed by atoms with Crippen molar-refractivity contribution < 1.29 is 37.8 Å². The zero-order valence-electron chi connectivity index (χ0n) is 25.1. The van der Waals surface area contributed by atoms with E-state index in [2.05, 4.69) is 15.6 Å². The molecule has 3 aromatic rings. The quantitative estimate of drug-likeness (QED) is 0.342. The van der Waals surface area contributed by atoms with Gasteiger partial charge in [-0.15, -0.1) is 0 Å². The molecule has 0 aliphatic carbocycles. The van der Waals surface area contributed by atoms with Crippen molar-refractivity contribution in [2.45, 2.75) is 18.9 Å². The van der Waals surface area contributed by atoms with E-state index in [1.165, 1.54) is 49.2 Å². The Hall–Kier alpha value is -4.56. The number of benzene rings is 2. The van der Waals surface area contributed by atoms with Gasteiger partial charge in [-0.2, -0.15) is 4.39 Å². The van der Waals surface area contributed by atoms with Gasteiger partial charge in [0.15, 0.2) is 17.4 Å². The lowest BCUT2D eigenvalue weighted by Gasteiger charge is -2.22. The number of imidazole rings is 1. The summed E-state index contributed by atoms with van der Waals surface area (Å²) >= 11 is 6.47. The molecule has 244 valence electrons. The zero-order valence-corrected chi connectivity index (χ0v) is 25.9. The van der Waals surface area contributed by atoms with Crippen LogP contribution < -0.4 is 15.4 Å². The second-order valence-corrected chi connectivity index (χ2v) is 11.7. The van der Waals surface area contributed by atoms with Crippen molar-refractivity contribution in [2.24, 2.45) is 18.9 Å². The number of halogens is 3. The molecule has 4 heterocycles. The van der Waals surface area contributed by atoms with Gasteiger partial charge < -0.3 is 34.8 Å². The molecule has 0 bridgehead atoms. The van der Waals surface area contributed by atoms with E-state index < -0.39 is 17.5 Å². The van der Waals surface area contributed by atoms with Crippen molar-refractivity contribution in [1.82, 2.24) is 24.7 Å². The minimum Gasteiger partial charge on any atom is -0.494 e. The van der Waals surface area contributed by atoms with Crippen LogP contribution in [-0.2, 0) is 16.6 Å². The van der Waals surface area contributed by atoms with E-state index in [0.717, 1.165) is 26.1 Å². The molecule has 0 spiro atoms. The summed E-state index contributed by atoms with van der Waals surface area (Å²) in [5, 5.41) is 13.2. The van der Waals surface area contributed by atoms with Crippen molar-refractivity contribution in [1.29, 1.82) is 0 Å². The maximum atomic E-state index is 14.6. The summed E-state index contributed by atoms with van der Waals surface area (Å²) in [6.45, 7) is 3.05. The Morgan fingerprint density at radius 1 is 1.11 bits per heavy atom. The number of carboxylic acid groups (broad SMARTS) is 1. The van der Waals surface area contributed by atoms with Crippen molar-refractivity contribution >= 4 is 41.5 Å². The van der Waals surface area contributed by atoms with Gasteiger partial charge >= 0.3 is 0 Å². The summed E-state index contributed by atoms with van der Waals surface area (Å²) < 4.78 is 35.0. The Labute approximate surface area is 268 Å². The molecule has 6 rings (SSSR count). The minimum atomic E-state index is -1.14. The molecule has 3 aliphatic rings. The number of anilines is 1. The van der Waals surface area contributed by atoms with E-state index in [4.69, 9.17) is 26.2 Å². The van der Waals surface area contributed by atoms with Crippen molar-refractivity contribution in [3.05, 3.63) is 64.6 Å². The maximum absolute atomic E-state index is 14.6. The summed E-state index contributed by atoms with van der Waals surface area (Å²) in [4.78, 5) is 55.4. The third-order valence-electron chi connectivity index (χ3n) is 8.69. The monoisotopic (exact) mass is 658 g/mol. The number of fused-ring (bicyclic) bond motifs is 1. The zero-order chi connectivity index (χ0) is 33.1. The SMILES string of the molecule is COc1ccc(-c2cnc(C(=O)Nc3ccc(C(=O)N4CCC(C(=O)N5C[C@H]6CCN[C@H]6C5)C4)c(Cl)c3)n2C)c(F)c1F.O=CO. The summed E-state index contributed by atoms with van der Waals surface area (Å²) in [5.74, 6) is -3.04. The Morgan fingerprint density at radius 2 is 1.87 bits per heavy atom. The number of rotatable bonds is 6. The fraction of sp³-hybridized carbons (Fsp3) is 0.387. The number of amides is 3. The molecule has 12 nitrogen and oxygen atoms in total. The van der Waals surface area contributed by atoms with Crippen LogP contribution in [0.25, 0.3) is 11.3 Å². The van der Waals surface area contributed by atoms with Gasteiger partial charge in [-0.05, 0) is 55.6 Å². The molecule has 0 saturated carbocycles. The largest absolute Gasteiger partial charge is 0.494 e. The maximum Gasteiger partial charge on any atom is 0.291 e. The fourth-order valence-corrected chi connectivity index (χ4v) is 6.58. The highest BCUT2D eigenvalue weighted by molar-refractivity contribution is 6.34. The molecule has 15 heteroatoms. The molecule has 1 aromatic heterocycles. The summed E-state index contributed by atoms with van der Waals surface area (Å²) in [7, 11) is 2.74. The van der Waals surface area contributed by atoms with Gasteiger partial charge in [0, 0.05) is 50.5 Å². The number of likely N-dealkylation sites (tertiary alicyclic amines) is 2. The molecule has 3 saturated heterocycles. The van der Waals surface area contributed by atoms with E-state index in [1.54, 1.807) is 11.0 Å². The van der Waals surface area contributed by atoms with E-state index in [-0.39, 0.29) is 57.6 Å². The molecule has 3 aliphatic heterocycles. The van der Waals surface area contributed by atoms with Gasteiger partial charge in [-0.25, -0.2) is 9.37 Å². The third-order valence-corrected chi connectivity index (χ3v) is 9.00. The van der Waals surface area contributed by atoms with Crippen LogP contribution in [0.15, 0.2) is 36.5 Å². The van der Waals surface area contributed by atoms with Crippen molar-refractivity contribution in [3.63, 3.8) is 0 Å². The Kier molecular flexibility index (Phi) is 9.87. The number of carbonyl (C=O) groups is 4. The number of ether oxygens (including phenoxy) is 1. The number of nitrogens with one attached hydrogen (secondary N) is 2. The predicted molar refractivity (Wildman–Crippen MR) is 164 cm³/mol. The average molecular weight is 659 g/mol. The van der Waals surface area contributed by atoms with Gasteiger partial charge in [-0.1, -0.05) is 11.6 Å². The predicted octanol–water partition coefficient (Wildman–Crippen LogP) is 3.26. The molecule has 3 amide bonds. The lowest BCUT2D eigenvalue weighted by Crippen LogP contribution is -2.39. The highest BCUT2D eigenvalue weighted by atomic mass is 35.5. The molecule has 3 atom stereocenters. The molecular weight excluding hydrogens is 626 g/mol. The Bertz CT molecular complexity index is 1660. The second kappa shape index (κ2) is 13.8. The van der Waals surface area contributed by atoms with Gasteiger partial charge in [0.25, 0.3) is 18.3 Å². The van der Waals surface area contributed by atoms with Crippen LogP contribution in [0.3, 0.4) is 0 Å². The van der Waals surface area contributed by atoms with Crippen molar-refractivity contribution in [3.8, 4) is 17.0 Å². The first-order valence-electron chi connectivity index (χ1n) is 14.6. The molecule has 2 aromatic carbocycles. The average Bonchev–Trinajstić information content (AvgIpc) is 3.83. The first-order valence-corrected chi connectivity index (χ1v) is 15.0. The second-order valence-electron chi connectivity index (χ2n) is 11.3. The summed E-state index contributed by atoms with van der Waals surface area (Å²) in [6.07, 6.45) is 2.97. The first kappa shape index (κ1) is 32.8. The van der Waals surface area contributed by atoms with Gasteiger partial charge in [0.2, 0.25) is 11.7 Å². The first-order chi connectivity index (χ1) is 22.1. The number of methoxy groups -OCH3 is 1. The standard InChI is InChI=1S/C30H31ClF2N6O4.CH2O2/c1-37-23(20-5-6-24(43-2)26(33)25(20)32)12-35-27(37)28(40)36-18-3-4-19(21(31)11-18)30(42)38-10-8-17(14-38)29(41)39-13-16-7-9-34-22(16)15-39;2-1-3/h3-6,11-12,16-17,22,34H,7-10,13-15H2,1-2H3,(H,36,40);1H,(H,2,3)/t16-,17?,22+;/m1./s1. The van der Waals surface area contributed by atoms with Crippen LogP contribution in [0.5, 0.6) is 5.75 Å². The van der Waals surface area contributed by atoms with Crippen LogP contribution in [-0.4, -0.2) is 94.5 Å². The van der Waals surface area contributed by atoms with E-state index >= 15 is 0 Å². The number of aromatic nitrogens is 2. The van der Waals surface area contributed by atoms with E-state index in [0.29, 0.717) is 37.2 Å². The third kappa shape index (κ3) is 6.40. The summed E-state index contributed by atoms with van der Waals surface area (Å²) in [5.41, 5.74) is 0.698. The van der Waals surface area contributed by atoms with E-state index in [1.807, 2.05) is 4.90 Å². The Morgan fingerprint density at radius 3 is 2.57 bits per heavy atom. The molecular formula is C31H33ClF2N6O6. The Balaban J connectivity index is 0.00000134. The number of nitrogens with zero attached hydrogens (tertiary/aromatic N) is 4. The molecule has 1 unspecified atom stereocenters. The highest BCUT2D eigenvalue weighted by Crippen LogP contribution is 2.32. The number of carbonyl (C=O) groups excluding carboxylic acids is 3. The van der Waals surface area contributed by atoms with Gasteiger partial charge in [-0.3, -0.25) is 19.2 Å². The fourth-order valence-electron chi connectivity index (χ4n) is 6.32. The number of hydrogen-bond donors (Lipinski definition) is 3. The van der Waals surface area contributed by atoms with E-state index in [9.17, 15) is 23.2 Å². The lowest BCUT2D eigenvalue weighted by molar-refractivity contribution is -0.134. The van der Waals surface area contributed by atoms with Crippen LogP contribution in [0.2, 0.25) is 5.02 Å². The van der Waals surface area contributed by atoms with Crippen LogP contribution in [0.1, 0.15) is 33.8 Å². The molecule has 0 radical (unpaired) electrons. The van der Waals surface area contributed by atoms with Crippen LogP contribution in [0, 0.1) is 23.5 Å². The van der Waals surface area contributed by atoms with Gasteiger partial charge in [0.05, 0.1) is 35.5 Å². The minimum absolute atomic E-state index is 0.0490. The topological polar surface area (TPSA) is 146 Å². The van der Waals surface area contributed by atoms with Crippen molar-refractivity contribution in [2.75, 3.05) is 45.2 Å². The summed E-state index contributed by atoms with van der Waals surface area (Å²) in [6, 6.07) is 7.56. The normalized spacial score (nSPS) is 20.2. The number of hydrogen-bond acceptors (Lipinski definition) is 7. The highest BCUT2D eigenvalue weighted by Gasteiger charge is 2.41. The van der Waals surface area contributed by atoms with Crippen LogP contribution >= 0.6 is 11.6 Å². The van der Waals surface area contributed by atoms with Crippen LogP contribution in [0.4, 0.5) is 14.5 Å². The van der Waals surface area contributed by atoms with Gasteiger partial charge in [0.1, 0.15) is 0 Å². The molecule has 3 N–H and O–H groups in total. The smallest absolute Gasteiger partial charge is 0.291 e. The lowest BCUT2D eigenvalue weighted by atomic mass is 10.1. The molecule has 46 heavy (non-hydrogen) atoms.